The van der Waals surface area contributed by atoms with Crippen LogP contribution in [0.3, 0.4) is 0 Å². The number of benzene rings is 1. The zero-order chi connectivity index (χ0) is 19.8. The molecule has 0 spiro atoms. The van der Waals surface area contributed by atoms with Gasteiger partial charge in [0.05, 0.1) is 11.6 Å². The van der Waals surface area contributed by atoms with Crippen molar-refractivity contribution in [1.82, 2.24) is 10.3 Å². The molecule has 2 rings (SSSR count). The number of amides is 1. The minimum atomic E-state index is -0.161. The Hall–Kier alpha value is -2.68. The molecule has 0 radical (unpaired) electrons. The van der Waals surface area contributed by atoms with Gasteiger partial charge in [0.15, 0.2) is 0 Å². The fourth-order valence-corrected chi connectivity index (χ4v) is 2.98. The van der Waals surface area contributed by atoms with Gasteiger partial charge in [0.2, 0.25) is 5.91 Å². The second kappa shape index (κ2) is 9.86. The van der Waals surface area contributed by atoms with Gasteiger partial charge >= 0.3 is 0 Å². The van der Waals surface area contributed by atoms with Crippen molar-refractivity contribution < 1.29 is 4.79 Å². The second-order valence-electron chi connectivity index (χ2n) is 7.19. The fourth-order valence-electron chi connectivity index (χ4n) is 2.98. The Morgan fingerprint density at radius 3 is 2.70 bits per heavy atom. The highest BCUT2D eigenvalue weighted by Crippen LogP contribution is 2.17. The number of nitrogens with one attached hydrogen (secondary N) is 1. The minimum Gasteiger partial charge on any atom is -0.355 e. The normalized spacial score (nSPS) is 11.7. The number of hydrogen-bond acceptors (Lipinski definition) is 2. The van der Waals surface area contributed by atoms with Gasteiger partial charge in [-0.3, -0.25) is 9.78 Å². The molecule has 1 amide bonds. The van der Waals surface area contributed by atoms with Crippen molar-refractivity contribution >= 4 is 12.0 Å². The smallest absolute Gasteiger partial charge is 0.227 e. The number of allylic oxidation sites excluding steroid dienone is 1. The lowest BCUT2D eigenvalue weighted by atomic mass is 9.98. The van der Waals surface area contributed by atoms with Gasteiger partial charge in [-0.15, -0.1) is 6.58 Å². The van der Waals surface area contributed by atoms with Crippen LogP contribution in [0.2, 0.25) is 0 Å². The van der Waals surface area contributed by atoms with Crippen LogP contribution in [0.4, 0.5) is 0 Å². The van der Waals surface area contributed by atoms with Crippen molar-refractivity contribution in [1.29, 1.82) is 0 Å². The zero-order valence-corrected chi connectivity index (χ0v) is 16.7. The van der Waals surface area contributed by atoms with E-state index >= 15 is 0 Å². The Labute approximate surface area is 163 Å². The van der Waals surface area contributed by atoms with Crippen molar-refractivity contribution in [2.75, 3.05) is 6.54 Å². The first-order valence-corrected chi connectivity index (χ1v) is 9.50. The molecule has 27 heavy (non-hydrogen) atoms. The lowest BCUT2D eigenvalue weighted by molar-refractivity contribution is -0.122. The van der Waals surface area contributed by atoms with Gasteiger partial charge in [-0.1, -0.05) is 48.0 Å². The molecule has 0 bridgehead atoms. The summed E-state index contributed by atoms with van der Waals surface area (Å²) < 4.78 is 0. The maximum absolute atomic E-state index is 12.4. The molecule has 0 aliphatic rings. The molecule has 1 atom stereocenters. The van der Waals surface area contributed by atoms with Crippen LogP contribution in [-0.4, -0.2) is 17.4 Å². The molecule has 1 aromatic heterocycles. The van der Waals surface area contributed by atoms with Crippen LogP contribution >= 0.6 is 0 Å². The summed E-state index contributed by atoms with van der Waals surface area (Å²) in [7, 11) is 0. The number of nitrogens with zero attached hydrogens (tertiary/aromatic N) is 1. The van der Waals surface area contributed by atoms with Gasteiger partial charge in [0, 0.05) is 18.7 Å². The molecule has 2 aromatic rings. The number of carbonyl (C=O) groups is 1. The van der Waals surface area contributed by atoms with E-state index in [0.29, 0.717) is 13.0 Å². The van der Waals surface area contributed by atoms with E-state index in [9.17, 15) is 4.79 Å². The number of carbonyl (C=O) groups excluding carboxylic acids is 1. The van der Waals surface area contributed by atoms with Gasteiger partial charge < -0.3 is 5.32 Å². The molecule has 0 aliphatic heterocycles. The van der Waals surface area contributed by atoms with Crippen LogP contribution in [0.5, 0.6) is 0 Å². The topological polar surface area (TPSA) is 42.0 Å². The lowest BCUT2D eigenvalue weighted by Gasteiger charge is -2.13. The predicted molar refractivity (Wildman–Crippen MR) is 114 cm³/mol. The van der Waals surface area contributed by atoms with Gasteiger partial charge in [-0.25, -0.2) is 0 Å². The van der Waals surface area contributed by atoms with Crippen LogP contribution in [0.1, 0.15) is 54.3 Å². The van der Waals surface area contributed by atoms with Crippen molar-refractivity contribution in [3.8, 4) is 0 Å². The molecule has 142 valence electrons. The van der Waals surface area contributed by atoms with Crippen molar-refractivity contribution in [3.05, 3.63) is 83.2 Å². The van der Waals surface area contributed by atoms with Crippen molar-refractivity contribution in [2.24, 2.45) is 0 Å². The first-order valence-electron chi connectivity index (χ1n) is 9.50. The Balaban J connectivity index is 1.91. The van der Waals surface area contributed by atoms with E-state index in [2.05, 4.69) is 35.6 Å². The maximum Gasteiger partial charge on any atom is 0.227 e. The van der Waals surface area contributed by atoms with Crippen LogP contribution < -0.4 is 5.32 Å². The van der Waals surface area contributed by atoms with Crippen molar-refractivity contribution in [3.63, 3.8) is 0 Å². The Bertz CT molecular complexity index is 823. The highest BCUT2D eigenvalue weighted by Gasteiger charge is 2.14. The summed E-state index contributed by atoms with van der Waals surface area (Å²) in [4.78, 5) is 17.1. The Morgan fingerprint density at radius 2 is 2.04 bits per heavy atom. The van der Waals surface area contributed by atoms with Gasteiger partial charge in [-0.2, -0.15) is 0 Å². The molecule has 3 heteroatoms. The molecule has 1 heterocycles. The molecule has 1 aromatic carbocycles. The summed E-state index contributed by atoms with van der Waals surface area (Å²) in [6.45, 7) is 14.4. The van der Waals surface area contributed by atoms with Gasteiger partial charge in [0.1, 0.15) is 0 Å². The summed E-state index contributed by atoms with van der Waals surface area (Å²) in [6, 6.07) is 12.2. The maximum atomic E-state index is 12.4. The third-order valence-corrected chi connectivity index (χ3v) is 4.70. The van der Waals surface area contributed by atoms with E-state index < -0.39 is 0 Å². The molecule has 0 aliphatic carbocycles. The number of rotatable bonds is 9. The highest BCUT2D eigenvalue weighted by atomic mass is 16.1. The van der Waals surface area contributed by atoms with Gasteiger partial charge in [-0.05, 0) is 56.9 Å². The van der Waals surface area contributed by atoms with Crippen LogP contribution in [-0.2, 0) is 17.6 Å². The zero-order valence-electron chi connectivity index (χ0n) is 16.7. The molecular formula is C24H30N2O. The average Bonchev–Trinajstić information content (AvgIpc) is 2.65. The molecular weight excluding hydrogens is 332 g/mol. The number of aryl methyl sites for hydroxylation is 2. The first kappa shape index (κ1) is 20.6. The van der Waals surface area contributed by atoms with E-state index in [1.54, 1.807) is 6.08 Å². The van der Waals surface area contributed by atoms with Crippen molar-refractivity contribution in [2.45, 2.75) is 46.0 Å². The summed E-state index contributed by atoms with van der Waals surface area (Å²) in [6.07, 6.45) is 4.38. The summed E-state index contributed by atoms with van der Waals surface area (Å²) in [5, 5.41) is 3.02. The number of pyridine rings is 1. The second-order valence-corrected chi connectivity index (χ2v) is 7.19. The third-order valence-electron chi connectivity index (χ3n) is 4.70. The van der Waals surface area contributed by atoms with Crippen LogP contribution in [0.25, 0.3) is 6.08 Å². The summed E-state index contributed by atoms with van der Waals surface area (Å²) >= 11 is 0. The van der Waals surface area contributed by atoms with Crippen LogP contribution in [0.15, 0.2) is 55.1 Å². The van der Waals surface area contributed by atoms with E-state index in [-0.39, 0.29) is 11.8 Å². The fraction of sp³-hybridized carbons (Fsp3) is 0.333. The predicted octanol–water partition coefficient (Wildman–Crippen LogP) is 5.00. The summed E-state index contributed by atoms with van der Waals surface area (Å²) in [5.74, 6) is -0.117. The Morgan fingerprint density at radius 1 is 1.26 bits per heavy atom. The minimum absolute atomic E-state index is 0.0441. The molecule has 1 N–H and O–H groups in total. The van der Waals surface area contributed by atoms with E-state index in [1.807, 2.05) is 45.0 Å². The molecule has 0 saturated heterocycles. The van der Waals surface area contributed by atoms with Crippen LogP contribution in [0, 0.1) is 6.92 Å². The largest absolute Gasteiger partial charge is 0.355 e. The standard InChI is InChI=1S/C24H30N2O/c1-6-23-20(11-10-17(2)3)12-13-22(26-23)14-15-25-24(27)19(5)21-9-7-8-18(4)16-21/h6-9,12-13,16,19H,1-2,10-11,14-15H2,3-5H3,(H,25,27). The van der Waals surface area contributed by atoms with E-state index in [0.717, 1.165) is 29.8 Å². The van der Waals surface area contributed by atoms with Gasteiger partial charge in [0.25, 0.3) is 0 Å². The number of aromatic nitrogens is 1. The highest BCUT2D eigenvalue weighted by molar-refractivity contribution is 5.83. The number of hydrogen-bond donors (Lipinski definition) is 1. The van der Waals surface area contributed by atoms with E-state index in [4.69, 9.17) is 0 Å². The van der Waals surface area contributed by atoms with E-state index in [1.165, 1.54) is 16.7 Å². The quantitative estimate of drug-likeness (QED) is 0.638. The molecule has 3 nitrogen and oxygen atoms in total. The monoisotopic (exact) mass is 362 g/mol. The SMILES string of the molecule is C=Cc1nc(CCNC(=O)C(C)c2cccc(C)c2)ccc1CCC(=C)C. The molecule has 0 fully saturated rings. The Kier molecular flexibility index (Phi) is 7.54. The summed E-state index contributed by atoms with van der Waals surface area (Å²) in [5.41, 5.74) is 6.45. The molecule has 1 unspecified atom stereocenters. The third kappa shape index (κ3) is 6.21. The first-order chi connectivity index (χ1) is 12.9. The average molecular weight is 363 g/mol. The molecule has 0 saturated carbocycles. The lowest BCUT2D eigenvalue weighted by Crippen LogP contribution is -2.30.